The summed E-state index contributed by atoms with van der Waals surface area (Å²) >= 11 is 1.72. The smallest absolute Gasteiger partial charge is 0.170 e. The predicted molar refractivity (Wildman–Crippen MR) is 86.2 cm³/mol. The van der Waals surface area contributed by atoms with Gasteiger partial charge >= 0.3 is 0 Å². The maximum Gasteiger partial charge on any atom is 0.170 e. The number of methoxy groups -OCH3 is 1. The summed E-state index contributed by atoms with van der Waals surface area (Å²) in [4.78, 5) is 1.19. The van der Waals surface area contributed by atoms with Gasteiger partial charge in [0.25, 0.3) is 0 Å². The summed E-state index contributed by atoms with van der Waals surface area (Å²) in [5.41, 5.74) is 8.56. The lowest BCUT2D eigenvalue weighted by Crippen LogP contribution is -2.13. The van der Waals surface area contributed by atoms with E-state index in [-0.39, 0.29) is 5.84 Å². The molecule has 0 bridgehead atoms. The van der Waals surface area contributed by atoms with E-state index in [1.54, 1.807) is 24.9 Å². The monoisotopic (exact) mass is 302 g/mol. The number of hydrogen-bond acceptors (Lipinski definition) is 4. The third kappa shape index (κ3) is 3.92. The van der Waals surface area contributed by atoms with E-state index < -0.39 is 0 Å². The molecule has 0 aromatic heterocycles. The van der Waals surface area contributed by atoms with Crippen LogP contribution in [0.3, 0.4) is 0 Å². The minimum atomic E-state index is 0.0965. The van der Waals surface area contributed by atoms with Crippen LogP contribution in [0.4, 0.5) is 0 Å². The van der Waals surface area contributed by atoms with E-state index in [9.17, 15) is 0 Å². The van der Waals surface area contributed by atoms with Gasteiger partial charge in [0, 0.05) is 21.8 Å². The maximum absolute atomic E-state index is 8.77. The van der Waals surface area contributed by atoms with Gasteiger partial charge in [0.1, 0.15) is 5.75 Å². The minimum Gasteiger partial charge on any atom is -0.496 e. The molecular formula is C16H18N2O2S. The molecule has 0 saturated carbocycles. The third-order valence-corrected chi connectivity index (χ3v) is 4.16. The largest absolute Gasteiger partial charge is 0.496 e. The Labute approximate surface area is 128 Å². The Kier molecular flexibility index (Phi) is 5.11. The zero-order valence-corrected chi connectivity index (χ0v) is 12.9. The standard InChI is InChI=1S/C16H18N2O2S/c1-11-3-6-14(7-4-11)21-10-13-9-12(16(17)18-19)5-8-15(13)20-2/h3-9,19H,10H2,1-2H3,(H2,17,18). The van der Waals surface area contributed by atoms with Crippen LogP contribution in [0.15, 0.2) is 52.5 Å². The molecule has 0 heterocycles. The second-order valence-corrected chi connectivity index (χ2v) is 5.66. The topological polar surface area (TPSA) is 67.8 Å². The molecule has 5 heteroatoms. The second kappa shape index (κ2) is 7.04. The highest BCUT2D eigenvalue weighted by Crippen LogP contribution is 2.29. The van der Waals surface area contributed by atoms with Crippen LogP contribution >= 0.6 is 11.8 Å². The average Bonchev–Trinajstić information content (AvgIpc) is 2.53. The highest BCUT2D eigenvalue weighted by Gasteiger charge is 2.08. The van der Waals surface area contributed by atoms with Gasteiger partial charge in [-0.3, -0.25) is 0 Å². The van der Waals surface area contributed by atoms with Crippen molar-refractivity contribution in [1.29, 1.82) is 0 Å². The van der Waals surface area contributed by atoms with Crippen LogP contribution in [0.1, 0.15) is 16.7 Å². The number of rotatable bonds is 5. The summed E-state index contributed by atoms with van der Waals surface area (Å²) in [5.74, 6) is 1.64. The Hall–Kier alpha value is -2.14. The van der Waals surface area contributed by atoms with Crippen LogP contribution in [0.5, 0.6) is 5.75 Å². The van der Waals surface area contributed by atoms with Crippen molar-refractivity contribution >= 4 is 17.6 Å². The first-order chi connectivity index (χ1) is 10.1. The van der Waals surface area contributed by atoms with Gasteiger partial charge in [-0.1, -0.05) is 22.9 Å². The lowest BCUT2D eigenvalue weighted by molar-refractivity contribution is 0.318. The van der Waals surface area contributed by atoms with Crippen LogP contribution in [0.2, 0.25) is 0 Å². The molecule has 0 radical (unpaired) electrons. The molecule has 2 aromatic carbocycles. The minimum absolute atomic E-state index is 0.0965. The zero-order valence-electron chi connectivity index (χ0n) is 12.0. The van der Waals surface area contributed by atoms with Crippen molar-refractivity contribution in [2.24, 2.45) is 10.9 Å². The highest BCUT2D eigenvalue weighted by molar-refractivity contribution is 7.98. The molecule has 110 valence electrons. The van der Waals surface area contributed by atoms with Crippen molar-refractivity contribution in [1.82, 2.24) is 0 Å². The highest BCUT2D eigenvalue weighted by atomic mass is 32.2. The fourth-order valence-electron chi connectivity index (χ4n) is 1.90. The number of hydrogen-bond donors (Lipinski definition) is 2. The molecule has 3 N–H and O–H groups in total. The van der Waals surface area contributed by atoms with Crippen LogP contribution in [-0.2, 0) is 5.75 Å². The SMILES string of the molecule is COc1ccc(/C(N)=N/O)cc1CSc1ccc(C)cc1. The number of nitrogens with two attached hydrogens (primary N) is 1. The van der Waals surface area contributed by atoms with Gasteiger partial charge in [0.05, 0.1) is 7.11 Å². The van der Waals surface area contributed by atoms with Crippen LogP contribution in [-0.4, -0.2) is 18.2 Å². The van der Waals surface area contributed by atoms with Crippen LogP contribution in [0.25, 0.3) is 0 Å². The Balaban J connectivity index is 2.19. The lowest BCUT2D eigenvalue weighted by Gasteiger charge is -2.10. The van der Waals surface area contributed by atoms with Crippen LogP contribution in [0, 0.1) is 6.92 Å². The summed E-state index contributed by atoms with van der Waals surface area (Å²) in [7, 11) is 1.64. The summed E-state index contributed by atoms with van der Waals surface area (Å²) in [5, 5.41) is 11.8. The predicted octanol–water partition coefficient (Wildman–Crippen LogP) is 3.39. The first-order valence-corrected chi connectivity index (χ1v) is 7.47. The number of amidine groups is 1. The van der Waals surface area contributed by atoms with Gasteiger partial charge in [-0.15, -0.1) is 11.8 Å². The summed E-state index contributed by atoms with van der Waals surface area (Å²) in [6.45, 7) is 2.07. The van der Waals surface area contributed by atoms with E-state index in [4.69, 9.17) is 15.7 Å². The van der Waals surface area contributed by atoms with E-state index >= 15 is 0 Å². The summed E-state index contributed by atoms with van der Waals surface area (Å²) < 4.78 is 5.36. The molecule has 0 aliphatic rings. The Morgan fingerprint density at radius 3 is 2.57 bits per heavy atom. The van der Waals surface area contributed by atoms with Crippen molar-refractivity contribution in [2.75, 3.05) is 7.11 Å². The summed E-state index contributed by atoms with van der Waals surface area (Å²) in [6, 6.07) is 13.9. The number of thioether (sulfide) groups is 1. The fourth-order valence-corrected chi connectivity index (χ4v) is 2.78. The van der Waals surface area contributed by atoms with Crippen molar-refractivity contribution < 1.29 is 9.94 Å². The van der Waals surface area contributed by atoms with Gasteiger partial charge in [-0.05, 0) is 37.3 Å². The quantitative estimate of drug-likeness (QED) is 0.292. The molecule has 0 aliphatic carbocycles. The number of ether oxygens (including phenoxy) is 1. The number of oxime groups is 1. The summed E-state index contributed by atoms with van der Waals surface area (Å²) in [6.07, 6.45) is 0. The van der Waals surface area contributed by atoms with Gasteiger partial charge in [-0.2, -0.15) is 0 Å². The van der Waals surface area contributed by atoms with E-state index in [0.717, 1.165) is 17.1 Å². The molecule has 0 aliphatic heterocycles. The van der Waals surface area contributed by atoms with E-state index in [1.807, 2.05) is 12.1 Å². The molecular weight excluding hydrogens is 284 g/mol. The van der Waals surface area contributed by atoms with Crippen molar-refractivity contribution in [2.45, 2.75) is 17.6 Å². The van der Waals surface area contributed by atoms with E-state index in [2.05, 4.69) is 36.3 Å². The lowest BCUT2D eigenvalue weighted by atomic mass is 10.1. The van der Waals surface area contributed by atoms with E-state index in [0.29, 0.717) is 5.56 Å². The second-order valence-electron chi connectivity index (χ2n) is 4.61. The van der Waals surface area contributed by atoms with Gasteiger partial charge in [0.15, 0.2) is 5.84 Å². The van der Waals surface area contributed by atoms with Gasteiger partial charge in [0.2, 0.25) is 0 Å². The van der Waals surface area contributed by atoms with E-state index in [1.165, 1.54) is 10.5 Å². The molecule has 0 amide bonds. The molecule has 2 rings (SSSR count). The molecule has 21 heavy (non-hydrogen) atoms. The number of aryl methyl sites for hydroxylation is 1. The Morgan fingerprint density at radius 2 is 1.95 bits per heavy atom. The molecule has 0 saturated heterocycles. The molecule has 0 atom stereocenters. The van der Waals surface area contributed by atoms with Gasteiger partial charge in [-0.25, -0.2) is 0 Å². The molecule has 0 spiro atoms. The van der Waals surface area contributed by atoms with Crippen molar-refractivity contribution in [3.05, 3.63) is 59.2 Å². The number of nitrogens with zero attached hydrogens (tertiary/aromatic N) is 1. The van der Waals surface area contributed by atoms with Crippen LogP contribution < -0.4 is 10.5 Å². The average molecular weight is 302 g/mol. The van der Waals surface area contributed by atoms with Crippen molar-refractivity contribution in [3.8, 4) is 5.75 Å². The Bertz CT molecular complexity index is 639. The third-order valence-electron chi connectivity index (χ3n) is 3.10. The fraction of sp³-hybridized carbons (Fsp3) is 0.188. The van der Waals surface area contributed by atoms with Gasteiger partial charge < -0.3 is 15.7 Å². The molecule has 2 aromatic rings. The molecule has 0 unspecified atom stereocenters. The Morgan fingerprint density at radius 1 is 1.24 bits per heavy atom. The normalized spacial score (nSPS) is 11.4. The molecule has 0 fully saturated rings. The zero-order chi connectivity index (χ0) is 15.2. The number of benzene rings is 2. The maximum atomic E-state index is 8.77. The first-order valence-electron chi connectivity index (χ1n) is 6.48. The first kappa shape index (κ1) is 15.3. The van der Waals surface area contributed by atoms with Crippen molar-refractivity contribution in [3.63, 3.8) is 0 Å². The molecule has 4 nitrogen and oxygen atoms in total.